The molecule has 0 spiro atoms. The number of hydrogen-bond donors (Lipinski definition) is 1. The third kappa shape index (κ3) is 4.90. The second-order valence-electron chi connectivity index (χ2n) is 6.17. The van der Waals surface area contributed by atoms with Crippen molar-refractivity contribution in [2.75, 3.05) is 15.9 Å². The van der Waals surface area contributed by atoms with Crippen LogP contribution in [0.15, 0.2) is 36.4 Å². The average Bonchev–Trinajstić information content (AvgIpc) is 2.48. The zero-order valence-corrected chi connectivity index (χ0v) is 17.2. The fourth-order valence-corrected chi connectivity index (χ4v) is 4.36. The van der Waals surface area contributed by atoms with Crippen LogP contribution in [0.4, 0.5) is 11.4 Å². The number of halogens is 2. The number of benzene rings is 2. The molecule has 1 amide bonds. The van der Waals surface area contributed by atoms with Crippen LogP contribution in [0.2, 0.25) is 10.0 Å². The molecule has 0 fully saturated rings. The van der Waals surface area contributed by atoms with Gasteiger partial charge in [0.1, 0.15) is 6.04 Å². The largest absolute Gasteiger partial charge is 0.324 e. The topological polar surface area (TPSA) is 66.5 Å². The van der Waals surface area contributed by atoms with E-state index in [1.807, 2.05) is 19.1 Å². The Morgan fingerprint density at radius 1 is 1.08 bits per heavy atom. The van der Waals surface area contributed by atoms with Crippen molar-refractivity contribution in [2.24, 2.45) is 0 Å². The zero-order chi connectivity index (χ0) is 19.6. The third-order valence-corrected chi connectivity index (χ3v) is 5.48. The van der Waals surface area contributed by atoms with Crippen molar-refractivity contribution in [3.05, 3.63) is 57.6 Å². The summed E-state index contributed by atoms with van der Waals surface area (Å²) in [7, 11) is -3.69. The van der Waals surface area contributed by atoms with Crippen LogP contribution in [0, 0.1) is 13.8 Å². The number of rotatable bonds is 5. The molecular weight excluding hydrogens is 395 g/mol. The lowest BCUT2D eigenvalue weighted by molar-refractivity contribution is -0.116. The highest BCUT2D eigenvalue weighted by Crippen LogP contribution is 2.27. The van der Waals surface area contributed by atoms with Crippen LogP contribution >= 0.6 is 23.2 Å². The van der Waals surface area contributed by atoms with Crippen molar-refractivity contribution >= 4 is 50.5 Å². The Hall–Kier alpha value is -1.76. The molecule has 0 aliphatic heterocycles. The molecule has 0 aliphatic rings. The van der Waals surface area contributed by atoms with Gasteiger partial charge in [0, 0.05) is 15.7 Å². The van der Waals surface area contributed by atoms with E-state index in [1.54, 1.807) is 31.2 Å². The molecule has 0 heterocycles. The molecule has 2 rings (SSSR count). The van der Waals surface area contributed by atoms with E-state index in [9.17, 15) is 13.2 Å². The molecule has 2 aromatic carbocycles. The molecule has 2 aromatic rings. The van der Waals surface area contributed by atoms with Crippen LogP contribution in [-0.4, -0.2) is 26.6 Å². The summed E-state index contributed by atoms with van der Waals surface area (Å²) in [5, 5.41) is 3.41. The lowest BCUT2D eigenvalue weighted by Gasteiger charge is -2.29. The van der Waals surface area contributed by atoms with Gasteiger partial charge in [-0.3, -0.25) is 9.10 Å². The first kappa shape index (κ1) is 20.6. The molecule has 8 heteroatoms. The maximum Gasteiger partial charge on any atom is 0.247 e. The highest BCUT2D eigenvalue weighted by molar-refractivity contribution is 7.92. The highest BCUT2D eigenvalue weighted by atomic mass is 35.5. The van der Waals surface area contributed by atoms with Gasteiger partial charge in [-0.05, 0) is 56.2 Å². The van der Waals surface area contributed by atoms with Gasteiger partial charge in [0.25, 0.3) is 0 Å². The van der Waals surface area contributed by atoms with Gasteiger partial charge in [-0.25, -0.2) is 8.42 Å². The van der Waals surface area contributed by atoms with E-state index >= 15 is 0 Å². The number of anilines is 2. The first-order chi connectivity index (χ1) is 12.0. The van der Waals surface area contributed by atoms with Crippen molar-refractivity contribution in [1.29, 1.82) is 0 Å². The number of amides is 1. The van der Waals surface area contributed by atoms with Gasteiger partial charge in [-0.1, -0.05) is 35.3 Å². The number of carbonyl (C=O) groups is 1. The summed E-state index contributed by atoms with van der Waals surface area (Å²) in [4.78, 5) is 12.7. The molecule has 140 valence electrons. The van der Waals surface area contributed by atoms with Crippen molar-refractivity contribution in [1.82, 2.24) is 0 Å². The van der Waals surface area contributed by atoms with Crippen molar-refractivity contribution in [3.8, 4) is 0 Å². The summed E-state index contributed by atoms with van der Waals surface area (Å²) >= 11 is 11.9. The number of sulfonamides is 1. The Balaban J connectivity index is 2.39. The van der Waals surface area contributed by atoms with E-state index < -0.39 is 22.0 Å². The number of carbonyl (C=O) groups excluding carboxylic acids is 1. The molecule has 26 heavy (non-hydrogen) atoms. The van der Waals surface area contributed by atoms with Crippen molar-refractivity contribution in [2.45, 2.75) is 26.8 Å². The Kier molecular flexibility index (Phi) is 6.21. The summed E-state index contributed by atoms with van der Waals surface area (Å²) in [6, 6.07) is 9.12. The Bertz CT molecular complexity index is 925. The minimum atomic E-state index is -3.69. The van der Waals surface area contributed by atoms with Gasteiger partial charge < -0.3 is 5.32 Å². The monoisotopic (exact) mass is 414 g/mol. The fraction of sp³-hybridized carbons (Fsp3) is 0.278. The first-order valence-corrected chi connectivity index (χ1v) is 10.4. The van der Waals surface area contributed by atoms with Crippen molar-refractivity contribution < 1.29 is 13.2 Å². The Labute approximate surface area is 164 Å². The molecule has 1 N–H and O–H groups in total. The van der Waals surface area contributed by atoms with Gasteiger partial charge in [0.2, 0.25) is 15.9 Å². The lowest BCUT2D eigenvalue weighted by atomic mass is 10.1. The van der Waals surface area contributed by atoms with Gasteiger partial charge in [-0.2, -0.15) is 0 Å². The highest BCUT2D eigenvalue weighted by Gasteiger charge is 2.30. The summed E-state index contributed by atoms with van der Waals surface area (Å²) in [5.41, 5.74) is 2.52. The van der Waals surface area contributed by atoms with E-state index in [-0.39, 0.29) is 0 Å². The molecule has 0 unspecified atom stereocenters. The maximum absolute atomic E-state index is 12.7. The Morgan fingerprint density at radius 2 is 1.65 bits per heavy atom. The molecule has 5 nitrogen and oxygen atoms in total. The predicted molar refractivity (Wildman–Crippen MR) is 108 cm³/mol. The minimum Gasteiger partial charge on any atom is -0.324 e. The van der Waals surface area contributed by atoms with Gasteiger partial charge >= 0.3 is 0 Å². The van der Waals surface area contributed by atoms with E-state index in [2.05, 4.69) is 5.32 Å². The molecule has 0 radical (unpaired) electrons. The number of aryl methyl sites for hydroxylation is 2. The van der Waals surface area contributed by atoms with E-state index in [0.717, 1.165) is 21.7 Å². The number of nitrogens with zero attached hydrogens (tertiary/aromatic N) is 1. The van der Waals surface area contributed by atoms with Crippen LogP contribution in [0.5, 0.6) is 0 Å². The summed E-state index contributed by atoms with van der Waals surface area (Å²) in [5.74, 6) is -0.491. The van der Waals surface area contributed by atoms with Crippen molar-refractivity contribution in [3.63, 3.8) is 0 Å². The van der Waals surface area contributed by atoms with Crippen LogP contribution in [0.25, 0.3) is 0 Å². The molecule has 1 atom stereocenters. The SMILES string of the molecule is Cc1ccc(C)c(N([C@@H](C)C(=O)Nc2cc(Cl)cc(Cl)c2)S(C)(=O)=O)c1. The third-order valence-electron chi connectivity index (χ3n) is 3.82. The Morgan fingerprint density at radius 3 is 2.19 bits per heavy atom. The van der Waals surface area contributed by atoms with Crippen LogP contribution < -0.4 is 9.62 Å². The van der Waals surface area contributed by atoms with Gasteiger partial charge in [0.05, 0.1) is 11.9 Å². The lowest BCUT2D eigenvalue weighted by Crippen LogP contribution is -2.45. The number of nitrogens with one attached hydrogen (secondary N) is 1. The minimum absolute atomic E-state index is 0.370. The zero-order valence-electron chi connectivity index (χ0n) is 14.9. The first-order valence-electron chi connectivity index (χ1n) is 7.82. The van der Waals surface area contributed by atoms with Crippen LogP contribution in [0.3, 0.4) is 0 Å². The predicted octanol–water partition coefficient (Wildman–Crippen LogP) is 4.40. The van der Waals surface area contributed by atoms with E-state index in [1.165, 1.54) is 6.92 Å². The van der Waals surface area contributed by atoms with Gasteiger partial charge in [-0.15, -0.1) is 0 Å². The summed E-state index contributed by atoms with van der Waals surface area (Å²) < 4.78 is 25.9. The van der Waals surface area contributed by atoms with Crippen LogP contribution in [0.1, 0.15) is 18.1 Å². The molecule has 0 aliphatic carbocycles. The quantitative estimate of drug-likeness (QED) is 0.787. The number of hydrogen-bond acceptors (Lipinski definition) is 3. The van der Waals surface area contributed by atoms with E-state index in [4.69, 9.17) is 23.2 Å². The molecule has 0 aromatic heterocycles. The van der Waals surface area contributed by atoms with Crippen LogP contribution in [-0.2, 0) is 14.8 Å². The smallest absolute Gasteiger partial charge is 0.247 e. The van der Waals surface area contributed by atoms with E-state index in [0.29, 0.717) is 21.4 Å². The average molecular weight is 415 g/mol. The second kappa shape index (κ2) is 7.86. The molecular formula is C18H20Cl2N2O3S. The molecule has 0 saturated carbocycles. The molecule has 0 saturated heterocycles. The fourth-order valence-electron chi connectivity index (χ4n) is 2.61. The maximum atomic E-state index is 12.7. The summed E-state index contributed by atoms with van der Waals surface area (Å²) in [6.07, 6.45) is 1.08. The normalized spacial score (nSPS) is 12.5. The standard InChI is InChI=1S/C18H20Cl2N2O3S/c1-11-5-6-12(2)17(7-11)22(26(4,24)25)13(3)18(23)21-16-9-14(19)8-15(20)10-16/h5-10,13H,1-4H3,(H,21,23)/t13-/m0/s1. The second-order valence-corrected chi connectivity index (χ2v) is 8.90. The molecule has 0 bridgehead atoms. The van der Waals surface area contributed by atoms with Gasteiger partial charge in [0.15, 0.2) is 0 Å². The summed E-state index contributed by atoms with van der Waals surface area (Å²) in [6.45, 7) is 5.20.